The second-order valence-corrected chi connectivity index (χ2v) is 6.19. The van der Waals surface area contributed by atoms with Crippen molar-refractivity contribution in [2.45, 2.75) is 5.60 Å². The highest BCUT2D eigenvalue weighted by atomic mass is 16.3. The van der Waals surface area contributed by atoms with Crippen LogP contribution in [0.15, 0.2) is 78.9 Å². The molecule has 0 atom stereocenters. The molecule has 0 spiro atoms. The van der Waals surface area contributed by atoms with Gasteiger partial charge in [-0.1, -0.05) is 60.7 Å². The third kappa shape index (κ3) is 2.39. The highest BCUT2D eigenvalue weighted by Gasteiger charge is 2.38. The molecule has 4 nitrogen and oxygen atoms in total. The van der Waals surface area contributed by atoms with Crippen molar-refractivity contribution in [3.05, 3.63) is 95.8 Å². The molecular formula is C21H19N3O. The van der Waals surface area contributed by atoms with E-state index in [1.807, 2.05) is 90.5 Å². The van der Waals surface area contributed by atoms with Gasteiger partial charge in [-0.2, -0.15) is 0 Å². The van der Waals surface area contributed by atoms with Gasteiger partial charge < -0.3 is 15.4 Å². The van der Waals surface area contributed by atoms with E-state index in [0.717, 1.165) is 22.2 Å². The predicted octanol–water partition coefficient (Wildman–Crippen LogP) is 3.44. The largest absolute Gasteiger partial charge is 0.399 e. The number of aryl methyl sites for hydroxylation is 1. The topological polar surface area (TPSA) is 64.1 Å². The van der Waals surface area contributed by atoms with E-state index in [1.54, 1.807) is 0 Å². The third-order valence-corrected chi connectivity index (χ3v) is 4.61. The number of aliphatic hydroxyl groups is 1. The lowest BCUT2D eigenvalue weighted by molar-refractivity contribution is 0.113. The van der Waals surface area contributed by atoms with Crippen molar-refractivity contribution in [3.8, 4) is 0 Å². The van der Waals surface area contributed by atoms with Gasteiger partial charge >= 0.3 is 0 Å². The molecule has 4 heteroatoms. The van der Waals surface area contributed by atoms with E-state index in [2.05, 4.69) is 0 Å². The van der Waals surface area contributed by atoms with Gasteiger partial charge in [0.15, 0.2) is 11.4 Å². The van der Waals surface area contributed by atoms with Crippen LogP contribution in [0.3, 0.4) is 0 Å². The van der Waals surface area contributed by atoms with Crippen molar-refractivity contribution < 1.29 is 5.11 Å². The molecule has 4 aromatic rings. The molecule has 3 aromatic carbocycles. The van der Waals surface area contributed by atoms with E-state index >= 15 is 0 Å². The molecule has 3 N–H and O–H groups in total. The molecule has 0 amide bonds. The first-order valence-electron chi connectivity index (χ1n) is 8.16. The fraction of sp³-hybridized carbons (Fsp3) is 0.0952. The number of nitrogen functional groups attached to an aromatic ring is 1. The molecular weight excluding hydrogens is 310 g/mol. The Kier molecular flexibility index (Phi) is 3.55. The number of nitrogens with two attached hydrogens (primary N) is 1. The van der Waals surface area contributed by atoms with Gasteiger partial charge in [0.1, 0.15) is 0 Å². The normalized spacial score (nSPS) is 11.8. The van der Waals surface area contributed by atoms with E-state index < -0.39 is 5.60 Å². The number of rotatable bonds is 3. The molecule has 0 saturated carbocycles. The molecule has 0 unspecified atom stereocenters. The maximum absolute atomic E-state index is 11.9. The maximum Gasteiger partial charge on any atom is 0.173 e. The molecule has 0 aliphatic heterocycles. The molecule has 25 heavy (non-hydrogen) atoms. The lowest BCUT2D eigenvalue weighted by atomic mass is 9.85. The zero-order valence-electron chi connectivity index (χ0n) is 13.9. The number of fused-ring (bicyclic) bond motifs is 1. The Balaban J connectivity index is 2.04. The van der Waals surface area contributed by atoms with Crippen molar-refractivity contribution in [1.82, 2.24) is 9.55 Å². The van der Waals surface area contributed by atoms with E-state index in [4.69, 9.17) is 10.7 Å². The second-order valence-electron chi connectivity index (χ2n) is 6.19. The van der Waals surface area contributed by atoms with Crippen LogP contribution in [0, 0.1) is 0 Å². The van der Waals surface area contributed by atoms with Crippen LogP contribution in [-0.4, -0.2) is 14.7 Å². The van der Waals surface area contributed by atoms with E-state index in [-0.39, 0.29) is 0 Å². The fourth-order valence-electron chi connectivity index (χ4n) is 3.32. The summed E-state index contributed by atoms with van der Waals surface area (Å²) in [4.78, 5) is 4.73. The summed E-state index contributed by atoms with van der Waals surface area (Å²) in [5, 5.41) is 11.9. The number of hydrogen-bond donors (Lipinski definition) is 2. The first-order valence-corrected chi connectivity index (χ1v) is 8.16. The van der Waals surface area contributed by atoms with Crippen molar-refractivity contribution in [1.29, 1.82) is 0 Å². The lowest BCUT2D eigenvalue weighted by Crippen LogP contribution is -2.32. The molecule has 4 rings (SSSR count). The van der Waals surface area contributed by atoms with Crippen LogP contribution in [0.2, 0.25) is 0 Å². The number of hydrogen-bond acceptors (Lipinski definition) is 3. The summed E-state index contributed by atoms with van der Waals surface area (Å²) in [5.41, 5.74) is 8.43. The van der Waals surface area contributed by atoms with Crippen LogP contribution < -0.4 is 5.73 Å². The minimum Gasteiger partial charge on any atom is -0.399 e. The number of anilines is 1. The van der Waals surface area contributed by atoms with Gasteiger partial charge in [0, 0.05) is 12.7 Å². The van der Waals surface area contributed by atoms with Crippen LogP contribution in [0.5, 0.6) is 0 Å². The SMILES string of the molecule is Cn1c(C(O)(c2ccccc2)c2ccccc2)nc2cc(N)ccc21. The minimum absolute atomic E-state index is 0.561. The van der Waals surface area contributed by atoms with Gasteiger partial charge in [-0.15, -0.1) is 0 Å². The smallest absolute Gasteiger partial charge is 0.173 e. The molecule has 0 saturated heterocycles. The summed E-state index contributed by atoms with van der Waals surface area (Å²) < 4.78 is 1.93. The van der Waals surface area contributed by atoms with Crippen molar-refractivity contribution >= 4 is 16.7 Å². The molecule has 0 bridgehead atoms. The van der Waals surface area contributed by atoms with Crippen LogP contribution in [-0.2, 0) is 12.6 Å². The van der Waals surface area contributed by atoms with Crippen LogP contribution >= 0.6 is 0 Å². The zero-order chi connectivity index (χ0) is 17.4. The fourth-order valence-corrected chi connectivity index (χ4v) is 3.32. The summed E-state index contributed by atoms with van der Waals surface area (Å²) >= 11 is 0. The van der Waals surface area contributed by atoms with Crippen LogP contribution in [0.25, 0.3) is 11.0 Å². The molecule has 0 aliphatic carbocycles. The predicted molar refractivity (Wildman–Crippen MR) is 100 cm³/mol. The number of benzene rings is 3. The Bertz CT molecular complexity index is 984. The van der Waals surface area contributed by atoms with Gasteiger partial charge in [0.2, 0.25) is 0 Å². The molecule has 0 radical (unpaired) electrons. The zero-order valence-corrected chi connectivity index (χ0v) is 13.9. The van der Waals surface area contributed by atoms with E-state index in [9.17, 15) is 5.11 Å². The number of aromatic nitrogens is 2. The Hall–Kier alpha value is -3.11. The van der Waals surface area contributed by atoms with Crippen LogP contribution in [0.1, 0.15) is 17.0 Å². The minimum atomic E-state index is -1.36. The summed E-state index contributed by atoms with van der Waals surface area (Å²) in [7, 11) is 1.91. The molecule has 124 valence electrons. The highest BCUT2D eigenvalue weighted by Crippen LogP contribution is 2.37. The van der Waals surface area contributed by atoms with Gasteiger partial charge in [0.05, 0.1) is 11.0 Å². The van der Waals surface area contributed by atoms with Crippen molar-refractivity contribution in [2.75, 3.05) is 5.73 Å². The quantitative estimate of drug-likeness (QED) is 0.566. The van der Waals surface area contributed by atoms with Gasteiger partial charge in [0.25, 0.3) is 0 Å². The summed E-state index contributed by atoms with van der Waals surface area (Å²) in [5.74, 6) is 0.561. The van der Waals surface area contributed by atoms with Crippen molar-refractivity contribution in [3.63, 3.8) is 0 Å². The maximum atomic E-state index is 11.9. The third-order valence-electron chi connectivity index (χ3n) is 4.61. The highest BCUT2D eigenvalue weighted by molar-refractivity contribution is 5.80. The monoisotopic (exact) mass is 329 g/mol. The standard InChI is InChI=1S/C21H19N3O/c1-24-19-13-12-17(22)14-18(19)23-20(24)21(25,15-8-4-2-5-9-15)16-10-6-3-7-11-16/h2-14,25H,22H2,1H3. The molecule has 1 aromatic heterocycles. The summed E-state index contributed by atoms with van der Waals surface area (Å²) in [6, 6.07) is 24.8. The Morgan fingerprint density at radius 3 is 2.00 bits per heavy atom. The lowest BCUT2D eigenvalue weighted by Gasteiger charge is -2.29. The second kappa shape index (κ2) is 5.76. The molecule has 0 fully saturated rings. The Morgan fingerprint density at radius 2 is 1.44 bits per heavy atom. The van der Waals surface area contributed by atoms with Gasteiger partial charge in [-0.3, -0.25) is 0 Å². The first kappa shape index (κ1) is 15.4. The van der Waals surface area contributed by atoms with Crippen molar-refractivity contribution in [2.24, 2.45) is 7.05 Å². The number of imidazole rings is 1. The van der Waals surface area contributed by atoms with Gasteiger partial charge in [-0.05, 0) is 29.3 Å². The van der Waals surface area contributed by atoms with E-state index in [0.29, 0.717) is 11.5 Å². The molecule has 1 heterocycles. The van der Waals surface area contributed by atoms with Crippen LogP contribution in [0.4, 0.5) is 5.69 Å². The molecule has 0 aliphatic rings. The Labute approximate surface area is 146 Å². The average Bonchev–Trinajstić information content (AvgIpc) is 2.99. The van der Waals surface area contributed by atoms with Gasteiger partial charge in [-0.25, -0.2) is 4.98 Å². The first-order chi connectivity index (χ1) is 12.1. The van der Waals surface area contributed by atoms with E-state index in [1.165, 1.54) is 0 Å². The number of nitrogens with zero attached hydrogens (tertiary/aromatic N) is 2. The summed E-state index contributed by atoms with van der Waals surface area (Å²) in [6.45, 7) is 0. The Morgan fingerprint density at radius 1 is 0.880 bits per heavy atom. The summed E-state index contributed by atoms with van der Waals surface area (Å²) in [6.07, 6.45) is 0. The average molecular weight is 329 g/mol.